The second-order valence-electron chi connectivity index (χ2n) is 16.2. The Bertz CT molecular complexity index is 1020. The van der Waals surface area contributed by atoms with Gasteiger partial charge in [-0.1, -0.05) is 65.5 Å². The number of phosphoric acid groups is 1. The second kappa shape index (κ2) is 13.3. The molecule has 4 rings (SSSR count). The molecule has 0 aromatic rings. The molecule has 42 heavy (non-hydrogen) atoms. The number of ether oxygens (including phenoxy) is 1. The minimum Gasteiger partial charge on any atom is -0.460 e. The molecule has 4 aliphatic rings. The van der Waals surface area contributed by atoms with Gasteiger partial charge in [0, 0.05) is 6.42 Å². The lowest BCUT2D eigenvalue weighted by Crippen LogP contribution is -2.51. The maximum Gasteiger partial charge on any atom is 0.472 e. The first kappa shape index (κ1) is 34.2. The first-order valence-electron chi connectivity index (χ1n) is 16.9. The molecular formula is C34H61NO6P+. The van der Waals surface area contributed by atoms with Crippen molar-refractivity contribution in [3.8, 4) is 0 Å². The number of fused-ring (bicyclic) bond motifs is 5. The Kier molecular flexibility index (Phi) is 10.8. The molecule has 3 fully saturated rings. The zero-order valence-corrected chi connectivity index (χ0v) is 28.8. The molecule has 3 saturated carbocycles. The molecule has 0 heterocycles. The Labute approximate surface area is 256 Å². The molecule has 4 aliphatic carbocycles. The summed E-state index contributed by atoms with van der Waals surface area (Å²) in [5, 5.41) is 0. The van der Waals surface area contributed by atoms with Crippen LogP contribution in [0.4, 0.5) is 0 Å². The number of phosphoric ester groups is 1. The molecule has 9 atom stereocenters. The standard InChI is InChI=1S/C34H60NO6P/c1-24(2)10-9-11-25(3)29-14-15-30-28-13-12-26-22-27(16-18-33(26,4)31(28)17-19-34(29,30)5)41-32(36)23-40-42(37,38)39-21-20-35(6,7)8/h12,24-25,27-31H,9-11,13-23H2,1-8H3/p+1/t25-,27?,28+,29-,30+,31+,33+,34-/m1/s1. The fourth-order valence-corrected chi connectivity index (χ4v) is 10.2. The molecule has 0 amide bonds. The third-order valence-corrected chi connectivity index (χ3v) is 12.9. The molecule has 0 aromatic heterocycles. The highest BCUT2D eigenvalue weighted by Crippen LogP contribution is 2.67. The lowest BCUT2D eigenvalue weighted by molar-refractivity contribution is -0.870. The third kappa shape index (κ3) is 7.91. The van der Waals surface area contributed by atoms with Crippen LogP contribution in [0.3, 0.4) is 0 Å². The van der Waals surface area contributed by atoms with Crippen LogP contribution >= 0.6 is 7.82 Å². The van der Waals surface area contributed by atoms with Crippen molar-refractivity contribution in [2.24, 2.45) is 46.3 Å². The van der Waals surface area contributed by atoms with E-state index < -0.39 is 20.4 Å². The van der Waals surface area contributed by atoms with E-state index in [1.165, 1.54) is 50.5 Å². The maximum atomic E-state index is 12.5. The Hall–Kier alpha value is -0.720. The topological polar surface area (TPSA) is 82.1 Å². The van der Waals surface area contributed by atoms with Crippen molar-refractivity contribution in [3.63, 3.8) is 0 Å². The summed E-state index contributed by atoms with van der Waals surface area (Å²) in [6, 6.07) is 0. The van der Waals surface area contributed by atoms with Gasteiger partial charge in [0.05, 0.1) is 21.1 Å². The molecule has 7 nitrogen and oxygen atoms in total. The first-order chi connectivity index (χ1) is 19.5. The van der Waals surface area contributed by atoms with Gasteiger partial charge in [-0.25, -0.2) is 9.36 Å². The number of hydrogen-bond acceptors (Lipinski definition) is 5. The Morgan fingerprint density at radius 1 is 1.05 bits per heavy atom. The molecule has 0 saturated heterocycles. The average molecular weight is 611 g/mol. The SMILES string of the molecule is CC(C)CCC[C@@H](C)[C@H]1CC[C@H]2[C@@H]3CC=C4CC(OC(=O)COP(=O)(O)OCC[N+](C)(C)C)CC[C@]4(C)[C@H]3CC[C@]12C. The van der Waals surface area contributed by atoms with Gasteiger partial charge < -0.3 is 14.1 Å². The molecule has 2 unspecified atom stereocenters. The van der Waals surface area contributed by atoms with E-state index in [0.717, 1.165) is 61.2 Å². The second-order valence-corrected chi connectivity index (χ2v) is 17.7. The number of nitrogens with zero attached hydrogens (tertiary/aromatic N) is 1. The molecule has 0 bridgehead atoms. The number of hydrogen-bond donors (Lipinski definition) is 1. The van der Waals surface area contributed by atoms with Crippen LogP contribution in [-0.2, 0) is 23.1 Å². The van der Waals surface area contributed by atoms with Gasteiger partial charge in [-0.3, -0.25) is 9.05 Å². The zero-order chi connectivity index (χ0) is 30.9. The summed E-state index contributed by atoms with van der Waals surface area (Å²) in [6.07, 6.45) is 15.7. The van der Waals surface area contributed by atoms with E-state index in [0.29, 0.717) is 16.4 Å². The fraction of sp³-hybridized carbons (Fsp3) is 0.912. The van der Waals surface area contributed by atoms with E-state index in [9.17, 15) is 14.3 Å². The van der Waals surface area contributed by atoms with Crippen LogP contribution < -0.4 is 0 Å². The highest BCUT2D eigenvalue weighted by Gasteiger charge is 2.59. The zero-order valence-electron chi connectivity index (χ0n) is 27.9. The number of quaternary nitrogens is 1. The van der Waals surface area contributed by atoms with Crippen LogP contribution in [0.5, 0.6) is 0 Å². The van der Waals surface area contributed by atoms with E-state index in [1.807, 2.05) is 21.1 Å². The summed E-state index contributed by atoms with van der Waals surface area (Å²) in [4.78, 5) is 22.5. The van der Waals surface area contributed by atoms with E-state index in [1.54, 1.807) is 0 Å². The summed E-state index contributed by atoms with van der Waals surface area (Å²) >= 11 is 0. The number of likely N-dealkylation sites (N-methyl/N-ethyl adjacent to an activating group) is 1. The van der Waals surface area contributed by atoms with Crippen molar-refractivity contribution in [1.82, 2.24) is 0 Å². The van der Waals surface area contributed by atoms with Crippen molar-refractivity contribution in [3.05, 3.63) is 11.6 Å². The number of esters is 1. The fourth-order valence-electron chi connectivity index (χ4n) is 9.57. The summed E-state index contributed by atoms with van der Waals surface area (Å²) in [6.45, 7) is 12.4. The van der Waals surface area contributed by atoms with E-state index in [4.69, 9.17) is 13.8 Å². The third-order valence-electron chi connectivity index (χ3n) is 11.9. The first-order valence-corrected chi connectivity index (χ1v) is 18.3. The molecule has 0 spiro atoms. The minimum atomic E-state index is -4.29. The summed E-state index contributed by atoms with van der Waals surface area (Å²) in [5.41, 5.74) is 2.13. The monoisotopic (exact) mass is 610 g/mol. The van der Waals surface area contributed by atoms with E-state index >= 15 is 0 Å². The van der Waals surface area contributed by atoms with Crippen LogP contribution in [0.25, 0.3) is 0 Å². The van der Waals surface area contributed by atoms with E-state index in [-0.39, 0.29) is 18.1 Å². The van der Waals surface area contributed by atoms with Crippen molar-refractivity contribution in [1.29, 1.82) is 0 Å². The predicted octanol–water partition coefficient (Wildman–Crippen LogP) is 7.78. The van der Waals surface area contributed by atoms with Crippen molar-refractivity contribution >= 4 is 13.8 Å². The summed E-state index contributed by atoms with van der Waals surface area (Å²) in [7, 11) is 1.60. The molecule has 0 aromatic carbocycles. The van der Waals surface area contributed by atoms with Gasteiger partial charge in [0.25, 0.3) is 0 Å². The van der Waals surface area contributed by atoms with Crippen molar-refractivity contribution in [2.45, 2.75) is 111 Å². The van der Waals surface area contributed by atoms with E-state index in [2.05, 4.69) is 40.7 Å². The highest BCUT2D eigenvalue weighted by atomic mass is 31.2. The van der Waals surface area contributed by atoms with Crippen LogP contribution in [0.1, 0.15) is 105 Å². The Morgan fingerprint density at radius 2 is 1.79 bits per heavy atom. The largest absolute Gasteiger partial charge is 0.472 e. The Balaban J connectivity index is 1.31. The van der Waals surface area contributed by atoms with Gasteiger partial charge in [0.15, 0.2) is 6.61 Å². The van der Waals surface area contributed by atoms with Crippen LogP contribution in [-0.4, -0.2) is 62.4 Å². The molecule has 8 heteroatoms. The quantitative estimate of drug-likeness (QED) is 0.0993. The molecular weight excluding hydrogens is 549 g/mol. The van der Waals surface area contributed by atoms with Gasteiger partial charge in [-0.2, -0.15) is 0 Å². The highest BCUT2D eigenvalue weighted by molar-refractivity contribution is 7.47. The predicted molar refractivity (Wildman–Crippen MR) is 168 cm³/mol. The molecule has 0 radical (unpaired) electrons. The lowest BCUT2D eigenvalue weighted by Gasteiger charge is -2.58. The number of allylic oxidation sites excluding steroid dienone is 1. The van der Waals surface area contributed by atoms with Crippen LogP contribution in [0.2, 0.25) is 0 Å². The summed E-state index contributed by atoms with van der Waals surface area (Å²) < 4.78 is 28.5. The van der Waals surface area contributed by atoms with Gasteiger partial charge in [0.2, 0.25) is 0 Å². The average Bonchev–Trinajstić information content (AvgIpc) is 3.24. The van der Waals surface area contributed by atoms with Crippen LogP contribution in [0, 0.1) is 46.3 Å². The molecule has 1 N–H and O–H groups in total. The van der Waals surface area contributed by atoms with Gasteiger partial charge >= 0.3 is 13.8 Å². The van der Waals surface area contributed by atoms with Crippen LogP contribution in [0.15, 0.2) is 11.6 Å². The maximum absolute atomic E-state index is 12.5. The van der Waals surface area contributed by atoms with Gasteiger partial charge in [-0.15, -0.1) is 0 Å². The number of carbonyl (C=O) groups excluding carboxylic acids is 1. The smallest absolute Gasteiger partial charge is 0.460 e. The number of carbonyl (C=O) groups is 1. The minimum absolute atomic E-state index is 0.0713. The van der Waals surface area contributed by atoms with Gasteiger partial charge in [-0.05, 0) is 91.3 Å². The van der Waals surface area contributed by atoms with Gasteiger partial charge in [0.1, 0.15) is 19.3 Å². The van der Waals surface area contributed by atoms with Crippen molar-refractivity contribution in [2.75, 3.05) is 40.9 Å². The number of rotatable bonds is 13. The summed E-state index contributed by atoms with van der Waals surface area (Å²) in [5.74, 6) is 4.21. The Morgan fingerprint density at radius 3 is 2.48 bits per heavy atom. The molecule has 242 valence electrons. The normalized spacial score (nSPS) is 36.8. The molecule has 0 aliphatic heterocycles. The lowest BCUT2D eigenvalue weighted by atomic mass is 9.47. The van der Waals surface area contributed by atoms with Crippen molar-refractivity contribution < 1.29 is 32.5 Å².